The molecule has 1 aliphatic heterocycles. The summed E-state index contributed by atoms with van der Waals surface area (Å²) in [5.74, 6) is 1.54. The van der Waals surface area contributed by atoms with Gasteiger partial charge in [0.25, 0.3) is 0 Å². The van der Waals surface area contributed by atoms with Gasteiger partial charge in [-0.2, -0.15) is 9.97 Å². The fourth-order valence-electron chi connectivity index (χ4n) is 5.52. The number of ether oxygens (including phenoxy) is 2. The van der Waals surface area contributed by atoms with Gasteiger partial charge in [0, 0.05) is 57.7 Å². The molecule has 5 aromatic rings. The molecule has 48 heavy (non-hydrogen) atoms. The predicted octanol–water partition coefficient (Wildman–Crippen LogP) is 5.18. The second-order valence-corrected chi connectivity index (χ2v) is 13.4. The number of H-pyrrole nitrogens is 1. The van der Waals surface area contributed by atoms with Gasteiger partial charge >= 0.3 is 6.09 Å². The molecular formula is C34H38N8O5S. The number of carbonyl (C=O) groups is 1. The summed E-state index contributed by atoms with van der Waals surface area (Å²) in [6.45, 7) is 2.99. The van der Waals surface area contributed by atoms with Crippen molar-refractivity contribution in [3.8, 4) is 5.75 Å². The van der Waals surface area contributed by atoms with Crippen LogP contribution in [0.5, 0.6) is 5.75 Å². The molecule has 6 rings (SSSR count). The minimum Gasteiger partial charge on any atom is -0.494 e. The number of rotatable bonds is 11. The van der Waals surface area contributed by atoms with Gasteiger partial charge in [-0.15, -0.1) is 0 Å². The monoisotopic (exact) mass is 670 g/mol. The van der Waals surface area contributed by atoms with E-state index >= 15 is 0 Å². The van der Waals surface area contributed by atoms with E-state index in [2.05, 4.69) is 25.5 Å². The van der Waals surface area contributed by atoms with E-state index in [0.29, 0.717) is 67.3 Å². The van der Waals surface area contributed by atoms with Crippen molar-refractivity contribution in [2.75, 3.05) is 66.4 Å². The van der Waals surface area contributed by atoms with E-state index in [0.717, 1.165) is 22.2 Å². The molecule has 1 fully saturated rings. The van der Waals surface area contributed by atoms with Crippen molar-refractivity contribution in [1.82, 2.24) is 19.9 Å². The third-order valence-corrected chi connectivity index (χ3v) is 9.42. The smallest absolute Gasteiger partial charge is 0.410 e. The highest BCUT2D eigenvalue weighted by Gasteiger charge is 2.23. The fourth-order valence-corrected chi connectivity index (χ4v) is 6.05. The van der Waals surface area contributed by atoms with E-state index in [1.54, 1.807) is 30.3 Å². The molecular weight excluding hydrogens is 632 g/mol. The number of hydrogen-bond acceptors (Lipinski definition) is 10. The minimum absolute atomic E-state index is 0.251. The van der Waals surface area contributed by atoms with E-state index < -0.39 is 10.0 Å². The van der Waals surface area contributed by atoms with Gasteiger partial charge in [0.2, 0.25) is 16.0 Å². The van der Waals surface area contributed by atoms with Crippen LogP contribution in [-0.2, 0) is 27.9 Å². The summed E-state index contributed by atoms with van der Waals surface area (Å²) in [6.07, 6.45) is 2.66. The topological polar surface area (TPSA) is 145 Å². The zero-order valence-electron chi connectivity index (χ0n) is 27.0. The quantitative estimate of drug-likeness (QED) is 0.172. The van der Waals surface area contributed by atoms with Crippen molar-refractivity contribution in [2.45, 2.75) is 13.2 Å². The highest BCUT2D eigenvalue weighted by Crippen LogP contribution is 2.33. The maximum Gasteiger partial charge on any atom is 0.410 e. The number of nitrogens with one attached hydrogen (secondary N) is 3. The second kappa shape index (κ2) is 14.1. The Morgan fingerprint density at radius 1 is 0.979 bits per heavy atom. The molecule has 3 heterocycles. The summed E-state index contributed by atoms with van der Waals surface area (Å²) in [7, 11) is -0.288. The van der Waals surface area contributed by atoms with Gasteiger partial charge < -0.3 is 34.9 Å². The summed E-state index contributed by atoms with van der Waals surface area (Å²) in [5, 5.41) is 7.45. The average Bonchev–Trinajstić information content (AvgIpc) is 3.59. The molecule has 0 unspecified atom stereocenters. The lowest BCUT2D eigenvalue weighted by molar-refractivity contribution is 0.0942. The molecule has 1 aliphatic rings. The van der Waals surface area contributed by atoms with Gasteiger partial charge in [-0.1, -0.05) is 48.5 Å². The lowest BCUT2D eigenvalue weighted by atomic mass is 10.1. The molecule has 14 heteroatoms. The number of aromatic nitrogens is 3. The molecule has 0 saturated carbocycles. The highest BCUT2D eigenvalue weighted by atomic mass is 32.2. The Hall–Kier alpha value is -5.50. The first-order chi connectivity index (χ1) is 23.2. The molecule has 0 aliphatic carbocycles. The Morgan fingerprint density at radius 3 is 2.48 bits per heavy atom. The number of carbonyl (C=O) groups excluding carboxylic acids is 1. The average molecular weight is 671 g/mol. The Labute approximate surface area is 279 Å². The minimum atomic E-state index is -3.43. The van der Waals surface area contributed by atoms with Crippen molar-refractivity contribution in [1.29, 1.82) is 0 Å². The highest BCUT2D eigenvalue weighted by molar-refractivity contribution is 7.92. The number of piperazine rings is 1. The van der Waals surface area contributed by atoms with Crippen LogP contribution in [0.1, 0.15) is 11.1 Å². The zero-order valence-corrected chi connectivity index (χ0v) is 27.8. The number of amides is 1. The maximum atomic E-state index is 12.6. The number of para-hydroxylation sites is 1. The summed E-state index contributed by atoms with van der Waals surface area (Å²) in [6, 6.07) is 24.7. The van der Waals surface area contributed by atoms with Gasteiger partial charge in [0.05, 0.1) is 30.1 Å². The number of hydrogen-bond donors (Lipinski definition) is 3. The molecule has 0 spiro atoms. The molecule has 250 valence electrons. The molecule has 2 aromatic heterocycles. The molecule has 1 saturated heterocycles. The van der Waals surface area contributed by atoms with Crippen molar-refractivity contribution in [3.63, 3.8) is 0 Å². The van der Waals surface area contributed by atoms with Crippen LogP contribution in [0.4, 0.5) is 33.6 Å². The molecule has 3 aromatic carbocycles. The third-order valence-electron chi connectivity index (χ3n) is 8.23. The number of methoxy groups -OCH3 is 1. The van der Waals surface area contributed by atoms with Crippen LogP contribution in [0, 0.1) is 0 Å². The summed E-state index contributed by atoms with van der Waals surface area (Å²) in [4.78, 5) is 29.1. The summed E-state index contributed by atoms with van der Waals surface area (Å²) < 4.78 is 37.0. The van der Waals surface area contributed by atoms with Crippen LogP contribution in [0.2, 0.25) is 0 Å². The Balaban J connectivity index is 1.12. The first-order valence-corrected chi connectivity index (χ1v) is 17.3. The van der Waals surface area contributed by atoms with Gasteiger partial charge in [0.15, 0.2) is 0 Å². The lowest BCUT2D eigenvalue weighted by Gasteiger charge is -2.35. The molecule has 13 nitrogen and oxygen atoms in total. The first kappa shape index (κ1) is 32.4. The first-order valence-electron chi connectivity index (χ1n) is 15.5. The lowest BCUT2D eigenvalue weighted by Crippen LogP contribution is -2.48. The maximum absolute atomic E-state index is 12.6. The van der Waals surface area contributed by atoms with Crippen molar-refractivity contribution < 1.29 is 22.7 Å². The number of fused-ring (bicyclic) bond motifs is 1. The normalized spacial score (nSPS) is 13.3. The van der Waals surface area contributed by atoms with Crippen molar-refractivity contribution in [3.05, 3.63) is 96.2 Å². The summed E-state index contributed by atoms with van der Waals surface area (Å²) >= 11 is 0. The fraction of sp³-hybridized carbons (Fsp3) is 0.265. The molecule has 0 bridgehead atoms. The van der Waals surface area contributed by atoms with Crippen LogP contribution < -0.4 is 24.6 Å². The Kier molecular flexibility index (Phi) is 9.52. The standard InChI is InChI=1S/C34H38N8O5S/c1-40(48(3,44)45)29-12-8-7-11-25(29)22-36-32-27-15-16-35-31(27)38-33(39-32)37-28-14-13-26(21-30(28)46-2)41-17-19-42(20-18-41)34(43)47-23-24-9-5-4-6-10-24/h4-16,21H,17-20,22-23H2,1-3H3,(H3,35,36,37,38,39). The van der Waals surface area contributed by atoms with Crippen LogP contribution in [-0.4, -0.2) is 81.0 Å². The van der Waals surface area contributed by atoms with Gasteiger partial charge in [0.1, 0.15) is 23.8 Å². The third kappa shape index (κ3) is 7.39. The SMILES string of the molecule is COc1cc(N2CCN(C(=O)OCc3ccccc3)CC2)ccc1Nc1nc(NCc2ccccc2N(C)S(C)(=O)=O)c2cc[nH]c2n1. The van der Waals surface area contributed by atoms with E-state index in [-0.39, 0.29) is 12.7 Å². The van der Waals surface area contributed by atoms with Gasteiger partial charge in [-0.25, -0.2) is 13.2 Å². The second-order valence-electron chi connectivity index (χ2n) is 11.4. The molecule has 3 N–H and O–H groups in total. The van der Waals surface area contributed by atoms with Crippen LogP contribution in [0.15, 0.2) is 85.1 Å². The molecule has 1 amide bonds. The molecule has 0 atom stereocenters. The van der Waals surface area contributed by atoms with Crippen LogP contribution in [0.25, 0.3) is 11.0 Å². The number of sulfonamides is 1. The number of aromatic amines is 1. The number of anilines is 5. The largest absolute Gasteiger partial charge is 0.494 e. The van der Waals surface area contributed by atoms with Crippen LogP contribution >= 0.6 is 0 Å². The molecule has 0 radical (unpaired) electrons. The van der Waals surface area contributed by atoms with Crippen LogP contribution in [0.3, 0.4) is 0 Å². The van der Waals surface area contributed by atoms with E-state index in [1.165, 1.54) is 17.6 Å². The van der Waals surface area contributed by atoms with Gasteiger partial charge in [-0.05, 0) is 35.4 Å². The number of benzene rings is 3. The van der Waals surface area contributed by atoms with E-state index in [1.807, 2.05) is 66.7 Å². The Bertz CT molecular complexity index is 2000. The van der Waals surface area contributed by atoms with E-state index in [9.17, 15) is 13.2 Å². The summed E-state index contributed by atoms with van der Waals surface area (Å²) in [5.41, 5.74) is 4.62. The van der Waals surface area contributed by atoms with Crippen molar-refractivity contribution >= 4 is 56.0 Å². The van der Waals surface area contributed by atoms with E-state index in [4.69, 9.17) is 14.5 Å². The Morgan fingerprint density at radius 2 is 1.73 bits per heavy atom. The zero-order chi connectivity index (χ0) is 33.7. The van der Waals surface area contributed by atoms with Gasteiger partial charge in [-0.3, -0.25) is 4.31 Å². The number of nitrogens with zero attached hydrogens (tertiary/aromatic N) is 5. The predicted molar refractivity (Wildman–Crippen MR) is 188 cm³/mol. The van der Waals surface area contributed by atoms with Crippen molar-refractivity contribution in [2.24, 2.45) is 0 Å².